The number of ether oxygens (including phenoxy) is 1. The normalized spacial score (nSPS) is 10.4. The first-order chi connectivity index (χ1) is 9.45. The third-order valence-corrected chi connectivity index (χ3v) is 2.87. The molecule has 104 valence electrons. The Morgan fingerprint density at radius 3 is 2.40 bits per heavy atom. The summed E-state index contributed by atoms with van der Waals surface area (Å²) in [7, 11) is 0. The first-order valence-electron chi connectivity index (χ1n) is 5.84. The van der Waals surface area contributed by atoms with E-state index in [1.807, 2.05) is 0 Å². The molecule has 0 aliphatic rings. The molecule has 2 rings (SSSR count). The molecule has 0 fully saturated rings. The highest BCUT2D eigenvalue weighted by Crippen LogP contribution is 2.24. The molecule has 0 bridgehead atoms. The van der Waals surface area contributed by atoms with Crippen LogP contribution in [0.15, 0.2) is 36.4 Å². The zero-order valence-corrected chi connectivity index (χ0v) is 11.4. The number of halogens is 3. The summed E-state index contributed by atoms with van der Waals surface area (Å²) < 4.78 is 31.5. The van der Waals surface area contributed by atoms with Crippen LogP contribution in [0.1, 0.15) is 22.8 Å². The molecule has 2 nitrogen and oxygen atoms in total. The lowest BCUT2D eigenvalue weighted by atomic mass is 10.1. The monoisotopic (exact) mass is 296 g/mol. The van der Waals surface area contributed by atoms with Crippen LogP contribution in [0.25, 0.3) is 0 Å². The van der Waals surface area contributed by atoms with Crippen LogP contribution in [0.4, 0.5) is 8.78 Å². The number of Topliss-reactive ketones (excluding diaryl/α,β-unsaturated/α-hetero) is 1. The van der Waals surface area contributed by atoms with Gasteiger partial charge in [0.05, 0.1) is 5.56 Å². The first-order valence-corrected chi connectivity index (χ1v) is 6.22. The van der Waals surface area contributed by atoms with Crippen molar-refractivity contribution in [2.75, 3.05) is 0 Å². The molecule has 2 aromatic rings. The van der Waals surface area contributed by atoms with Crippen molar-refractivity contribution in [2.24, 2.45) is 0 Å². The minimum Gasteiger partial charge on any atom is -0.488 e. The third-order valence-electron chi connectivity index (χ3n) is 2.64. The summed E-state index contributed by atoms with van der Waals surface area (Å²) in [6.07, 6.45) is 0. The van der Waals surface area contributed by atoms with E-state index >= 15 is 0 Å². The summed E-state index contributed by atoms with van der Waals surface area (Å²) in [6.45, 7) is 1.34. The summed E-state index contributed by atoms with van der Waals surface area (Å²) in [4.78, 5) is 11.5. The third kappa shape index (κ3) is 3.54. The molecular formula is C15H11ClF2O2. The van der Waals surface area contributed by atoms with Crippen LogP contribution >= 0.6 is 11.6 Å². The van der Waals surface area contributed by atoms with Crippen LogP contribution in [-0.2, 0) is 6.61 Å². The van der Waals surface area contributed by atoms with Gasteiger partial charge in [-0.25, -0.2) is 8.78 Å². The Balaban J connectivity index is 2.20. The highest BCUT2D eigenvalue weighted by atomic mass is 35.5. The van der Waals surface area contributed by atoms with Gasteiger partial charge in [0.25, 0.3) is 0 Å². The van der Waals surface area contributed by atoms with Gasteiger partial charge in [-0.15, -0.1) is 0 Å². The van der Waals surface area contributed by atoms with Gasteiger partial charge in [-0.3, -0.25) is 4.79 Å². The molecule has 5 heteroatoms. The van der Waals surface area contributed by atoms with Crippen LogP contribution in [0.3, 0.4) is 0 Å². The summed E-state index contributed by atoms with van der Waals surface area (Å²) in [5.74, 6) is -1.22. The molecule has 20 heavy (non-hydrogen) atoms. The number of carbonyl (C=O) groups excluding carboxylic acids is 1. The van der Waals surface area contributed by atoms with Gasteiger partial charge in [0.1, 0.15) is 24.0 Å². The number of rotatable bonds is 4. The number of hydrogen-bond donors (Lipinski definition) is 0. The molecular weight excluding hydrogens is 286 g/mol. The van der Waals surface area contributed by atoms with E-state index in [0.29, 0.717) is 21.9 Å². The fraction of sp³-hybridized carbons (Fsp3) is 0.133. The van der Waals surface area contributed by atoms with E-state index in [9.17, 15) is 13.6 Å². The maximum absolute atomic E-state index is 13.0. The van der Waals surface area contributed by atoms with Gasteiger partial charge in [-0.2, -0.15) is 0 Å². The Kier molecular flexibility index (Phi) is 4.35. The van der Waals surface area contributed by atoms with E-state index in [-0.39, 0.29) is 12.4 Å². The number of ketones is 1. The summed E-state index contributed by atoms with van der Waals surface area (Å²) in [6, 6.07) is 7.75. The highest BCUT2D eigenvalue weighted by Gasteiger charge is 2.10. The van der Waals surface area contributed by atoms with E-state index in [0.717, 1.165) is 6.07 Å². The van der Waals surface area contributed by atoms with Crippen LogP contribution in [0.5, 0.6) is 5.75 Å². The van der Waals surface area contributed by atoms with Gasteiger partial charge in [0.2, 0.25) is 0 Å². The van der Waals surface area contributed by atoms with E-state index in [1.165, 1.54) is 25.1 Å². The van der Waals surface area contributed by atoms with Crippen molar-refractivity contribution in [2.45, 2.75) is 13.5 Å². The number of carbonyl (C=O) groups is 1. The highest BCUT2D eigenvalue weighted by molar-refractivity contribution is 6.31. The van der Waals surface area contributed by atoms with Crippen LogP contribution < -0.4 is 4.74 Å². The molecule has 2 aromatic carbocycles. The zero-order valence-electron chi connectivity index (χ0n) is 10.6. The van der Waals surface area contributed by atoms with Gasteiger partial charge in [0.15, 0.2) is 5.78 Å². The minimum atomic E-state index is -0.675. The molecule has 0 saturated carbocycles. The molecule has 0 N–H and O–H groups in total. The largest absolute Gasteiger partial charge is 0.488 e. The quantitative estimate of drug-likeness (QED) is 0.782. The van der Waals surface area contributed by atoms with Gasteiger partial charge >= 0.3 is 0 Å². The second kappa shape index (κ2) is 6.01. The van der Waals surface area contributed by atoms with Gasteiger partial charge in [-0.1, -0.05) is 11.6 Å². The summed E-state index contributed by atoms with van der Waals surface area (Å²) in [5.41, 5.74) is 0.668. The molecule has 0 spiro atoms. The zero-order chi connectivity index (χ0) is 14.7. The minimum absolute atomic E-state index is 0.0450. The maximum atomic E-state index is 13.0. The van der Waals surface area contributed by atoms with E-state index < -0.39 is 11.6 Å². The Morgan fingerprint density at radius 1 is 1.15 bits per heavy atom. The number of hydrogen-bond acceptors (Lipinski definition) is 2. The summed E-state index contributed by atoms with van der Waals surface area (Å²) in [5, 5.41) is 0.416. The SMILES string of the molecule is CC(=O)c1cc(Cl)ccc1OCc1cc(F)cc(F)c1. The average Bonchev–Trinajstić information content (AvgIpc) is 2.36. The van der Waals surface area contributed by atoms with E-state index in [4.69, 9.17) is 16.3 Å². The van der Waals surface area contributed by atoms with Crippen molar-refractivity contribution < 1.29 is 18.3 Å². The first kappa shape index (κ1) is 14.5. The Morgan fingerprint density at radius 2 is 1.80 bits per heavy atom. The van der Waals surface area contributed by atoms with Crippen molar-refractivity contribution >= 4 is 17.4 Å². The second-order valence-corrected chi connectivity index (χ2v) is 4.70. The van der Waals surface area contributed by atoms with Crippen molar-refractivity contribution in [3.8, 4) is 5.75 Å². The predicted molar refractivity (Wildman–Crippen MR) is 72.1 cm³/mol. The molecule has 0 radical (unpaired) electrons. The molecule has 0 amide bonds. The lowest BCUT2D eigenvalue weighted by Crippen LogP contribution is -2.02. The standard InChI is InChI=1S/C15H11ClF2O2/c1-9(19)14-6-11(16)2-3-15(14)20-8-10-4-12(17)7-13(18)5-10/h2-7H,8H2,1H3. The van der Waals surface area contributed by atoms with Crippen molar-refractivity contribution in [1.29, 1.82) is 0 Å². The van der Waals surface area contributed by atoms with E-state index in [2.05, 4.69) is 0 Å². The van der Waals surface area contributed by atoms with Crippen LogP contribution in [-0.4, -0.2) is 5.78 Å². The van der Waals surface area contributed by atoms with Gasteiger partial charge < -0.3 is 4.74 Å². The van der Waals surface area contributed by atoms with E-state index in [1.54, 1.807) is 12.1 Å². The van der Waals surface area contributed by atoms with Crippen molar-refractivity contribution in [3.63, 3.8) is 0 Å². The van der Waals surface area contributed by atoms with Crippen molar-refractivity contribution in [1.82, 2.24) is 0 Å². The van der Waals surface area contributed by atoms with Crippen LogP contribution in [0, 0.1) is 11.6 Å². The van der Waals surface area contributed by atoms with Gasteiger partial charge in [-0.05, 0) is 42.8 Å². The molecule has 0 atom stereocenters. The topological polar surface area (TPSA) is 26.3 Å². The smallest absolute Gasteiger partial charge is 0.163 e. The lowest BCUT2D eigenvalue weighted by molar-refractivity contribution is 0.101. The predicted octanol–water partition coefficient (Wildman–Crippen LogP) is 4.40. The molecule has 0 aliphatic heterocycles. The Bertz CT molecular complexity index is 636. The second-order valence-electron chi connectivity index (χ2n) is 4.26. The lowest BCUT2D eigenvalue weighted by Gasteiger charge is -2.10. The Labute approximate surface area is 119 Å². The summed E-state index contributed by atoms with van der Waals surface area (Å²) >= 11 is 5.81. The van der Waals surface area contributed by atoms with Crippen molar-refractivity contribution in [3.05, 3.63) is 64.2 Å². The molecule has 0 aromatic heterocycles. The number of benzene rings is 2. The average molecular weight is 297 g/mol. The van der Waals surface area contributed by atoms with Crippen LogP contribution in [0.2, 0.25) is 5.02 Å². The fourth-order valence-corrected chi connectivity index (χ4v) is 1.93. The molecule has 0 aliphatic carbocycles. The molecule has 0 heterocycles. The Hall–Kier alpha value is -1.94. The van der Waals surface area contributed by atoms with Gasteiger partial charge in [0, 0.05) is 11.1 Å². The fourth-order valence-electron chi connectivity index (χ4n) is 1.76. The molecule has 0 saturated heterocycles. The molecule has 0 unspecified atom stereocenters. The maximum Gasteiger partial charge on any atom is 0.163 e.